The Hall–Kier alpha value is -3.27. The van der Waals surface area contributed by atoms with Gasteiger partial charge in [-0.2, -0.15) is 0 Å². The summed E-state index contributed by atoms with van der Waals surface area (Å²) in [5.41, 5.74) is 1.78. The fraction of sp³-hybridized carbons (Fsp3) is 0.310. The summed E-state index contributed by atoms with van der Waals surface area (Å²) < 4.78 is 34.2. The molecule has 0 unspecified atom stereocenters. The molecule has 1 N–H and O–H groups in total. The number of amides is 2. The first kappa shape index (κ1) is 31.3. The standard InChI is InChI=1S/C29H33Cl2N3O5S/c1-5-27(29(36)32-6-2)33(18-21-12-15-25(30)26(31)16-21)28(35)19-34(22-8-7-9-23(17-22)39-4)40(37,38)24-13-10-20(3)11-14-24/h7-17,27H,5-6,18-19H2,1-4H3,(H,32,36)/t27-/m1/s1. The van der Waals surface area contributed by atoms with E-state index >= 15 is 0 Å². The SMILES string of the molecule is CCNC(=O)[C@@H](CC)N(Cc1ccc(Cl)c(Cl)c1)C(=O)CN(c1cccc(OC)c1)S(=O)(=O)c1ccc(C)cc1. The molecule has 0 saturated heterocycles. The van der Waals surface area contributed by atoms with E-state index in [9.17, 15) is 18.0 Å². The minimum absolute atomic E-state index is 0.0158. The molecular weight excluding hydrogens is 573 g/mol. The van der Waals surface area contributed by atoms with Gasteiger partial charge in [-0.25, -0.2) is 8.42 Å². The van der Waals surface area contributed by atoms with E-state index in [0.717, 1.165) is 9.87 Å². The monoisotopic (exact) mass is 605 g/mol. The van der Waals surface area contributed by atoms with Crippen LogP contribution >= 0.6 is 23.2 Å². The number of aryl methyl sites for hydroxylation is 1. The van der Waals surface area contributed by atoms with E-state index in [2.05, 4.69) is 5.32 Å². The van der Waals surface area contributed by atoms with E-state index in [0.29, 0.717) is 34.3 Å². The van der Waals surface area contributed by atoms with Gasteiger partial charge in [0, 0.05) is 19.2 Å². The number of sulfonamides is 1. The quantitative estimate of drug-likeness (QED) is 0.296. The largest absolute Gasteiger partial charge is 0.497 e. The van der Waals surface area contributed by atoms with Crippen LogP contribution in [0.1, 0.15) is 31.4 Å². The topological polar surface area (TPSA) is 96.0 Å². The Morgan fingerprint density at radius 1 is 0.975 bits per heavy atom. The lowest BCUT2D eigenvalue weighted by Crippen LogP contribution is -2.52. The molecule has 0 fully saturated rings. The number of nitrogens with zero attached hydrogens (tertiary/aromatic N) is 2. The number of hydrogen-bond acceptors (Lipinski definition) is 5. The zero-order valence-electron chi connectivity index (χ0n) is 22.9. The normalized spacial score (nSPS) is 11.9. The molecule has 0 aromatic heterocycles. The first-order valence-electron chi connectivity index (χ1n) is 12.8. The molecule has 0 heterocycles. The maximum absolute atomic E-state index is 14.0. The molecule has 0 aliphatic heterocycles. The molecule has 11 heteroatoms. The van der Waals surface area contributed by atoms with Crippen LogP contribution in [0.4, 0.5) is 5.69 Å². The van der Waals surface area contributed by atoms with Gasteiger partial charge < -0.3 is 15.0 Å². The number of carbonyl (C=O) groups is 2. The number of likely N-dealkylation sites (N-methyl/N-ethyl adjacent to an activating group) is 1. The first-order chi connectivity index (χ1) is 19.0. The number of hydrogen-bond donors (Lipinski definition) is 1. The zero-order chi connectivity index (χ0) is 29.4. The van der Waals surface area contributed by atoms with E-state index in [-0.39, 0.29) is 23.0 Å². The van der Waals surface area contributed by atoms with Crippen molar-refractivity contribution < 1.29 is 22.7 Å². The van der Waals surface area contributed by atoms with Gasteiger partial charge in [0.05, 0.1) is 27.7 Å². The third-order valence-electron chi connectivity index (χ3n) is 6.30. The van der Waals surface area contributed by atoms with Crippen molar-refractivity contribution in [1.29, 1.82) is 0 Å². The third-order valence-corrected chi connectivity index (χ3v) is 8.83. The molecule has 8 nitrogen and oxygen atoms in total. The predicted octanol–water partition coefficient (Wildman–Crippen LogP) is 5.45. The van der Waals surface area contributed by atoms with Crippen molar-refractivity contribution in [3.63, 3.8) is 0 Å². The molecular formula is C29H33Cl2N3O5S. The van der Waals surface area contributed by atoms with Crippen LogP contribution in [0.15, 0.2) is 71.6 Å². The summed E-state index contributed by atoms with van der Waals surface area (Å²) in [5, 5.41) is 3.43. The van der Waals surface area contributed by atoms with Crippen LogP contribution < -0.4 is 14.4 Å². The lowest BCUT2D eigenvalue weighted by molar-refractivity contribution is -0.140. The van der Waals surface area contributed by atoms with Gasteiger partial charge in [-0.15, -0.1) is 0 Å². The summed E-state index contributed by atoms with van der Waals surface area (Å²) in [5.74, 6) is -0.481. The highest BCUT2D eigenvalue weighted by molar-refractivity contribution is 7.92. The van der Waals surface area contributed by atoms with E-state index in [1.807, 2.05) is 6.92 Å². The molecule has 3 rings (SSSR count). The zero-order valence-corrected chi connectivity index (χ0v) is 25.2. The van der Waals surface area contributed by atoms with Crippen molar-refractivity contribution in [3.05, 3.63) is 87.9 Å². The Morgan fingerprint density at radius 2 is 1.68 bits per heavy atom. The average molecular weight is 607 g/mol. The Morgan fingerprint density at radius 3 is 2.27 bits per heavy atom. The Kier molecular flexibility index (Phi) is 10.8. The van der Waals surface area contributed by atoms with Crippen LogP contribution in [0.2, 0.25) is 10.0 Å². The van der Waals surface area contributed by atoms with Crippen LogP contribution in [0, 0.1) is 6.92 Å². The Balaban J connectivity index is 2.09. The predicted molar refractivity (Wildman–Crippen MR) is 158 cm³/mol. The minimum atomic E-state index is -4.18. The second kappa shape index (κ2) is 13.9. The van der Waals surface area contributed by atoms with Gasteiger partial charge in [0.1, 0.15) is 18.3 Å². The molecule has 0 spiro atoms. The lowest BCUT2D eigenvalue weighted by Gasteiger charge is -2.33. The van der Waals surface area contributed by atoms with Crippen molar-refractivity contribution >= 4 is 50.7 Å². The molecule has 3 aromatic carbocycles. The molecule has 0 radical (unpaired) electrons. The van der Waals surface area contributed by atoms with E-state index in [1.54, 1.807) is 68.4 Å². The Bertz CT molecular complexity index is 1450. The highest BCUT2D eigenvalue weighted by atomic mass is 35.5. The molecule has 0 aliphatic rings. The van der Waals surface area contributed by atoms with Gasteiger partial charge in [0.15, 0.2) is 0 Å². The van der Waals surface area contributed by atoms with Gasteiger partial charge in [-0.1, -0.05) is 60.0 Å². The van der Waals surface area contributed by atoms with Gasteiger partial charge in [0.2, 0.25) is 11.8 Å². The van der Waals surface area contributed by atoms with Crippen LogP contribution in [-0.2, 0) is 26.2 Å². The number of benzene rings is 3. The maximum Gasteiger partial charge on any atom is 0.264 e. The highest BCUT2D eigenvalue weighted by Gasteiger charge is 2.33. The number of rotatable bonds is 12. The molecule has 0 aliphatic carbocycles. The van der Waals surface area contributed by atoms with Gasteiger partial charge >= 0.3 is 0 Å². The number of methoxy groups -OCH3 is 1. The van der Waals surface area contributed by atoms with Crippen molar-refractivity contribution in [2.24, 2.45) is 0 Å². The lowest BCUT2D eigenvalue weighted by atomic mass is 10.1. The maximum atomic E-state index is 14.0. The van der Waals surface area contributed by atoms with Gasteiger partial charge in [-0.3, -0.25) is 13.9 Å². The van der Waals surface area contributed by atoms with Crippen LogP contribution in [0.25, 0.3) is 0 Å². The van der Waals surface area contributed by atoms with Crippen LogP contribution in [0.3, 0.4) is 0 Å². The smallest absolute Gasteiger partial charge is 0.264 e. The number of carbonyl (C=O) groups excluding carboxylic acids is 2. The fourth-order valence-corrected chi connectivity index (χ4v) is 5.90. The first-order valence-corrected chi connectivity index (χ1v) is 15.0. The van der Waals surface area contributed by atoms with Crippen molar-refractivity contribution in [3.8, 4) is 5.75 Å². The number of nitrogens with one attached hydrogen (secondary N) is 1. The highest BCUT2D eigenvalue weighted by Crippen LogP contribution is 2.29. The summed E-state index contributed by atoms with van der Waals surface area (Å²) >= 11 is 12.3. The van der Waals surface area contributed by atoms with E-state index in [1.165, 1.54) is 24.1 Å². The number of halogens is 2. The summed E-state index contributed by atoms with van der Waals surface area (Å²) in [6, 6.07) is 16.9. The Labute approximate surface area is 245 Å². The van der Waals surface area contributed by atoms with Gasteiger partial charge in [-0.05, 0) is 62.2 Å². The average Bonchev–Trinajstić information content (AvgIpc) is 2.93. The molecule has 0 bridgehead atoms. The van der Waals surface area contributed by atoms with Crippen molar-refractivity contribution in [2.75, 3.05) is 24.5 Å². The summed E-state index contributed by atoms with van der Waals surface area (Å²) in [6.07, 6.45) is 0.308. The molecule has 40 heavy (non-hydrogen) atoms. The van der Waals surface area contributed by atoms with Crippen molar-refractivity contribution in [1.82, 2.24) is 10.2 Å². The van der Waals surface area contributed by atoms with E-state index < -0.39 is 28.5 Å². The summed E-state index contributed by atoms with van der Waals surface area (Å²) in [4.78, 5) is 28.5. The molecule has 2 amide bonds. The van der Waals surface area contributed by atoms with Gasteiger partial charge in [0.25, 0.3) is 10.0 Å². The van der Waals surface area contributed by atoms with E-state index in [4.69, 9.17) is 27.9 Å². The molecule has 1 atom stereocenters. The number of ether oxygens (including phenoxy) is 1. The van der Waals surface area contributed by atoms with Crippen LogP contribution in [-0.4, -0.2) is 51.4 Å². The number of anilines is 1. The molecule has 0 saturated carbocycles. The molecule has 3 aromatic rings. The summed E-state index contributed by atoms with van der Waals surface area (Å²) in [6.45, 7) is 5.27. The summed E-state index contributed by atoms with van der Waals surface area (Å²) in [7, 11) is -2.71. The van der Waals surface area contributed by atoms with Crippen molar-refractivity contribution in [2.45, 2.75) is 44.7 Å². The third kappa shape index (κ3) is 7.47. The second-order valence-electron chi connectivity index (χ2n) is 9.11. The minimum Gasteiger partial charge on any atom is -0.497 e. The second-order valence-corrected chi connectivity index (χ2v) is 11.8. The fourth-order valence-electron chi connectivity index (χ4n) is 4.18. The van der Waals surface area contributed by atoms with Crippen LogP contribution in [0.5, 0.6) is 5.75 Å². The molecule has 214 valence electrons.